The summed E-state index contributed by atoms with van der Waals surface area (Å²) in [6.07, 6.45) is 2.55. The summed E-state index contributed by atoms with van der Waals surface area (Å²) in [4.78, 5) is 24.7. The van der Waals surface area contributed by atoms with Crippen LogP contribution in [0.1, 0.15) is 30.1 Å². The fourth-order valence-corrected chi connectivity index (χ4v) is 1.61. The van der Waals surface area contributed by atoms with Gasteiger partial charge < -0.3 is 15.5 Å². The number of hydrogen-bond acceptors (Lipinski definition) is 6. The van der Waals surface area contributed by atoms with Crippen LogP contribution in [0, 0.1) is 16.0 Å². The molecule has 0 aromatic carbocycles. The van der Waals surface area contributed by atoms with Gasteiger partial charge in [-0.25, -0.2) is 9.78 Å². The van der Waals surface area contributed by atoms with E-state index in [2.05, 4.69) is 10.3 Å². The number of rotatable bonds is 8. The summed E-state index contributed by atoms with van der Waals surface area (Å²) in [5.41, 5.74) is -0.587. The number of anilines is 1. The van der Waals surface area contributed by atoms with Gasteiger partial charge in [0.15, 0.2) is 0 Å². The molecule has 0 aliphatic heterocycles. The second-order valence-corrected chi connectivity index (χ2v) is 4.51. The highest BCUT2D eigenvalue weighted by molar-refractivity contribution is 5.93. The predicted octanol–water partition coefficient (Wildman–Crippen LogP) is 1.51. The zero-order valence-electron chi connectivity index (χ0n) is 11.1. The molecule has 110 valence electrons. The Morgan fingerprint density at radius 3 is 2.85 bits per heavy atom. The van der Waals surface area contributed by atoms with Crippen molar-refractivity contribution >= 4 is 17.5 Å². The highest BCUT2D eigenvalue weighted by Crippen LogP contribution is 2.19. The van der Waals surface area contributed by atoms with Gasteiger partial charge in [0.05, 0.1) is 4.92 Å². The zero-order valence-corrected chi connectivity index (χ0v) is 11.1. The monoisotopic (exact) mass is 283 g/mol. The van der Waals surface area contributed by atoms with E-state index in [-0.39, 0.29) is 29.6 Å². The molecule has 0 bridgehead atoms. The molecule has 1 aromatic heterocycles. The molecule has 3 N–H and O–H groups in total. The number of carboxylic acid groups (broad SMARTS) is 1. The van der Waals surface area contributed by atoms with E-state index in [9.17, 15) is 14.9 Å². The van der Waals surface area contributed by atoms with Crippen LogP contribution in [0.5, 0.6) is 0 Å². The molecule has 1 rings (SSSR count). The number of carboxylic acids is 1. The minimum atomic E-state index is -1.27. The summed E-state index contributed by atoms with van der Waals surface area (Å²) >= 11 is 0. The third-order valence-electron chi connectivity index (χ3n) is 2.79. The third-order valence-corrected chi connectivity index (χ3v) is 2.79. The molecule has 1 heterocycles. The standard InChI is InChI=1S/C12H17N3O5/c1-8(7-16)3-2-4-13-11-10(12(17)18)5-9(6-14-11)15(19)20/h5-6,8,16H,2-4,7H2,1H3,(H,13,14)(H,17,18). The van der Waals surface area contributed by atoms with Crippen molar-refractivity contribution in [2.45, 2.75) is 19.8 Å². The SMILES string of the molecule is CC(CO)CCCNc1ncc([N+](=O)[O-])cc1C(=O)O. The minimum Gasteiger partial charge on any atom is -0.478 e. The molecule has 0 radical (unpaired) electrons. The summed E-state index contributed by atoms with van der Waals surface area (Å²) in [5, 5.41) is 31.3. The van der Waals surface area contributed by atoms with Crippen molar-refractivity contribution in [3.8, 4) is 0 Å². The second-order valence-electron chi connectivity index (χ2n) is 4.51. The predicted molar refractivity (Wildman–Crippen MR) is 71.8 cm³/mol. The lowest BCUT2D eigenvalue weighted by Gasteiger charge is -2.10. The molecule has 0 saturated heterocycles. The van der Waals surface area contributed by atoms with E-state index in [4.69, 9.17) is 10.2 Å². The van der Waals surface area contributed by atoms with Gasteiger partial charge in [-0.3, -0.25) is 10.1 Å². The Morgan fingerprint density at radius 2 is 2.30 bits per heavy atom. The van der Waals surface area contributed by atoms with Crippen molar-refractivity contribution in [3.05, 3.63) is 27.9 Å². The highest BCUT2D eigenvalue weighted by atomic mass is 16.6. The number of carbonyl (C=O) groups is 1. The number of nitro groups is 1. The molecule has 8 heteroatoms. The van der Waals surface area contributed by atoms with Gasteiger partial charge in [-0.1, -0.05) is 6.92 Å². The van der Waals surface area contributed by atoms with Crippen LogP contribution in [0.25, 0.3) is 0 Å². The highest BCUT2D eigenvalue weighted by Gasteiger charge is 2.17. The molecule has 8 nitrogen and oxygen atoms in total. The van der Waals surface area contributed by atoms with Gasteiger partial charge in [-0.2, -0.15) is 0 Å². The van der Waals surface area contributed by atoms with Crippen LogP contribution in [0.3, 0.4) is 0 Å². The first-order valence-corrected chi connectivity index (χ1v) is 6.18. The van der Waals surface area contributed by atoms with E-state index in [1.807, 2.05) is 6.92 Å². The smallest absolute Gasteiger partial charge is 0.339 e. The summed E-state index contributed by atoms with van der Waals surface area (Å²) in [5.74, 6) is -0.979. The van der Waals surface area contributed by atoms with Crippen LogP contribution in [0.4, 0.5) is 11.5 Å². The molecule has 0 amide bonds. The fourth-order valence-electron chi connectivity index (χ4n) is 1.61. The third kappa shape index (κ3) is 4.47. The van der Waals surface area contributed by atoms with Crippen molar-refractivity contribution in [1.29, 1.82) is 0 Å². The van der Waals surface area contributed by atoms with Crippen molar-refractivity contribution in [2.75, 3.05) is 18.5 Å². The Morgan fingerprint density at radius 1 is 1.60 bits per heavy atom. The first-order chi connectivity index (χ1) is 9.45. The van der Waals surface area contributed by atoms with Crippen LogP contribution in [0.2, 0.25) is 0 Å². The van der Waals surface area contributed by atoms with E-state index in [1.54, 1.807) is 0 Å². The number of pyridine rings is 1. The lowest BCUT2D eigenvalue weighted by molar-refractivity contribution is -0.385. The summed E-state index contributed by atoms with van der Waals surface area (Å²) in [7, 11) is 0. The molecular weight excluding hydrogens is 266 g/mol. The average Bonchev–Trinajstić information content (AvgIpc) is 2.42. The first kappa shape index (κ1) is 15.8. The number of aliphatic hydroxyl groups is 1. The van der Waals surface area contributed by atoms with E-state index >= 15 is 0 Å². The fraction of sp³-hybridized carbons (Fsp3) is 0.500. The van der Waals surface area contributed by atoms with Gasteiger partial charge >= 0.3 is 5.97 Å². The lowest BCUT2D eigenvalue weighted by atomic mass is 10.1. The van der Waals surface area contributed by atoms with Crippen molar-refractivity contribution in [2.24, 2.45) is 5.92 Å². The number of hydrogen-bond donors (Lipinski definition) is 3. The Bertz CT molecular complexity index is 492. The molecule has 1 atom stereocenters. The van der Waals surface area contributed by atoms with Crippen LogP contribution < -0.4 is 5.32 Å². The van der Waals surface area contributed by atoms with Gasteiger partial charge in [0, 0.05) is 19.2 Å². The van der Waals surface area contributed by atoms with Crippen LogP contribution in [-0.2, 0) is 0 Å². The zero-order chi connectivity index (χ0) is 15.1. The molecule has 0 aliphatic rings. The van der Waals surface area contributed by atoms with E-state index < -0.39 is 10.9 Å². The Hall–Kier alpha value is -2.22. The van der Waals surface area contributed by atoms with Gasteiger partial charge in [0.25, 0.3) is 5.69 Å². The second kappa shape index (κ2) is 7.39. The van der Waals surface area contributed by atoms with Gasteiger partial charge in [-0.15, -0.1) is 0 Å². The average molecular weight is 283 g/mol. The Kier molecular flexibility index (Phi) is 5.85. The van der Waals surface area contributed by atoms with Crippen LogP contribution in [0.15, 0.2) is 12.3 Å². The molecule has 0 saturated carbocycles. The first-order valence-electron chi connectivity index (χ1n) is 6.18. The number of nitrogens with zero attached hydrogens (tertiary/aromatic N) is 2. The Balaban J connectivity index is 2.70. The van der Waals surface area contributed by atoms with E-state index in [0.29, 0.717) is 6.54 Å². The van der Waals surface area contributed by atoms with E-state index in [0.717, 1.165) is 25.1 Å². The summed E-state index contributed by atoms with van der Waals surface area (Å²) in [6, 6.07) is 0.980. The van der Waals surface area contributed by atoms with Crippen LogP contribution in [-0.4, -0.2) is 39.2 Å². The molecule has 0 aliphatic carbocycles. The van der Waals surface area contributed by atoms with Gasteiger partial charge in [0.2, 0.25) is 0 Å². The molecule has 20 heavy (non-hydrogen) atoms. The number of nitrogens with one attached hydrogen (secondary N) is 1. The van der Waals surface area contributed by atoms with Gasteiger partial charge in [-0.05, 0) is 18.8 Å². The maximum absolute atomic E-state index is 11.0. The summed E-state index contributed by atoms with van der Waals surface area (Å²) in [6.45, 7) is 2.50. The molecule has 1 aromatic rings. The van der Waals surface area contributed by atoms with Crippen molar-refractivity contribution in [3.63, 3.8) is 0 Å². The maximum Gasteiger partial charge on any atom is 0.339 e. The maximum atomic E-state index is 11.0. The molecule has 0 fully saturated rings. The topological polar surface area (TPSA) is 126 Å². The normalized spacial score (nSPS) is 11.9. The van der Waals surface area contributed by atoms with Crippen LogP contribution >= 0.6 is 0 Å². The molecular formula is C12H17N3O5. The number of aliphatic hydroxyl groups excluding tert-OH is 1. The quantitative estimate of drug-likeness (QED) is 0.375. The van der Waals surface area contributed by atoms with Gasteiger partial charge in [0.1, 0.15) is 17.6 Å². The van der Waals surface area contributed by atoms with Crippen molar-refractivity contribution in [1.82, 2.24) is 4.98 Å². The van der Waals surface area contributed by atoms with Crippen molar-refractivity contribution < 1.29 is 19.9 Å². The molecule has 1 unspecified atom stereocenters. The minimum absolute atomic E-state index is 0.107. The Labute approximate surface area is 115 Å². The molecule has 0 spiro atoms. The lowest BCUT2D eigenvalue weighted by Crippen LogP contribution is -2.11. The summed E-state index contributed by atoms with van der Waals surface area (Å²) < 4.78 is 0. The number of aromatic carboxylic acids is 1. The van der Waals surface area contributed by atoms with E-state index in [1.165, 1.54) is 0 Å². The number of aromatic nitrogens is 1. The largest absolute Gasteiger partial charge is 0.478 e.